The first-order valence-corrected chi connectivity index (χ1v) is 27.8. The Morgan fingerprint density at radius 2 is 0.557 bits per heavy atom. The Kier molecular flexibility index (Phi) is 53.0. The third kappa shape index (κ3) is 54.2. The molecule has 0 aliphatic heterocycles. The van der Waals surface area contributed by atoms with E-state index < -0.39 is 6.10 Å². The largest absolute Gasteiger partial charge is 0.462 e. The molecule has 70 heavy (non-hydrogen) atoms. The molecule has 0 bridgehead atoms. The number of esters is 3. The number of carbonyl (C=O) groups is 3. The molecule has 0 saturated heterocycles. The van der Waals surface area contributed by atoms with Crippen molar-refractivity contribution in [1.29, 1.82) is 0 Å². The average molecular weight is 965 g/mol. The summed E-state index contributed by atoms with van der Waals surface area (Å²) in [6.07, 6.45) is 81.5. The third-order valence-electron chi connectivity index (χ3n) is 11.1. The summed E-state index contributed by atoms with van der Waals surface area (Å²) in [5.74, 6) is -0.985. The molecule has 0 heterocycles. The zero-order valence-electron chi connectivity index (χ0n) is 44.7. The Labute approximate surface area is 429 Å². The fraction of sp³-hybridized carbons (Fsp3) is 0.578. The molecular formula is C64H100O6. The molecule has 0 aromatic heterocycles. The Bertz CT molecular complexity index is 1580. The van der Waals surface area contributed by atoms with Crippen molar-refractivity contribution < 1.29 is 28.6 Å². The van der Waals surface area contributed by atoms with E-state index in [1.807, 2.05) is 0 Å². The van der Waals surface area contributed by atoms with Crippen molar-refractivity contribution in [2.75, 3.05) is 13.2 Å². The highest BCUT2D eigenvalue weighted by atomic mass is 16.6. The second-order valence-electron chi connectivity index (χ2n) is 17.7. The molecule has 0 aliphatic carbocycles. The summed E-state index contributed by atoms with van der Waals surface area (Å²) in [5.41, 5.74) is 0. The van der Waals surface area contributed by atoms with Gasteiger partial charge in [0, 0.05) is 19.3 Å². The molecule has 392 valence electrons. The van der Waals surface area contributed by atoms with Crippen LogP contribution in [0.5, 0.6) is 0 Å². The lowest BCUT2D eigenvalue weighted by Gasteiger charge is -2.18. The Morgan fingerprint density at radius 3 is 0.900 bits per heavy atom. The van der Waals surface area contributed by atoms with Crippen molar-refractivity contribution in [3.8, 4) is 0 Å². The van der Waals surface area contributed by atoms with Crippen LogP contribution in [0.25, 0.3) is 0 Å². The number of unbranched alkanes of at least 4 members (excludes halogenated alkanes) is 13. The predicted molar refractivity (Wildman–Crippen MR) is 302 cm³/mol. The highest BCUT2D eigenvalue weighted by molar-refractivity contribution is 5.71. The first-order valence-electron chi connectivity index (χ1n) is 27.8. The molecule has 0 amide bonds. The number of rotatable bonds is 48. The summed E-state index contributed by atoms with van der Waals surface area (Å²) in [4.78, 5) is 37.9. The van der Waals surface area contributed by atoms with Gasteiger partial charge in [-0.25, -0.2) is 0 Å². The average Bonchev–Trinajstić information content (AvgIpc) is 3.36. The number of hydrogen-bond donors (Lipinski definition) is 0. The number of allylic oxidation sites excluding steroid dienone is 24. The summed E-state index contributed by atoms with van der Waals surface area (Å²) >= 11 is 0. The lowest BCUT2D eigenvalue weighted by molar-refractivity contribution is -0.167. The first kappa shape index (κ1) is 65.3. The third-order valence-corrected chi connectivity index (χ3v) is 11.1. The maximum Gasteiger partial charge on any atom is 0.306 e. The number of ether oxygens (including phenoxy) is 3. The SMILES string of the molecule is CC/C=C\C/C=C\C/C=C\C/C=C\C/C=C\C/C=C\CCCCCCCCC(=O)OCC(COC(=O)CCCCCCCC)OC(=O)CCCC/C=C\C/C=C\C/C=C\C/C=C\C/C=C\C/C=C\CC. The monoisotopic (exact) mass is 965 g/mol. The van der Waals surface area contributed by atoms with Gasteiger partial charge in [0.15, 0.2) is 6.10 Å². The van der Waals surface area contributed by atoms with Gasteiger partial charge in [-0.05, 0) is 122 Å². The summed E-state index contributed by atoms with van der Waals surface area (Å²) in [6, 6.07) is 0. The van der Waals surface area contributed by atoms with Gasteiger partial charge in [0.05, 0.1) is 0 Å². The van der Waals surface area contributed by atoms with E-state index >= 15 is 0 Å². The Balaban J connectivity index is 4.32. The molecule has 6 nitrogen and oxygen atoms in total. The van der Waals surface area contributed by atoms with E-state index in [1.165, 1.54) is 32.1 Å². The van der Waals surface area contributed by atoms with Gasteiger partial charge in [0.1, 0.15) is 13.2 Å². The van der Waals surface area contributed by atoms with Crippen LogP contribution in [0, 0.1) is 0 Å². The van der Waals surface area contributed by atoms with Gasteiger partial charge in [-0.3, -0.25) is 14.4 Å². The molecule has 0 saturated carbocycles. The van der Waals surface area contributed by atoms with Crippen LogP contribution in [-0.2, 0) is 28.6 Å². The van der Waals surface area contributed by atoms with Crippen molar-refractivity contribution in [3.63, 3.8) is 0 Å². The van der Waals surface area contributed by atoms with E-state index in [4.69, 9.17) is 14.2 Å². The molecule has 1 unspecified atom stereocenters. The Morgan fingerprint density at radius 1 is 0.300 bits per heavy atom. The van der Waals surface area contributed by atoms with Crippen molar-refractivity contribution in [2.45, 2.75) is 226 Å². The standard InChI is InChI=1S/C64H100O6/c1-4-7-10-13-16-18-20-22-24-26-28-30-31-32-33-35-36-38-40-42-44-46-48-51-54-57-63(66)69-60-61(59-68-62(65)56-53-50-15-12-9-6-3)70-64(67)58-55-52-49-47-45-43-41-39-37-34-29-27-25-23-21-19-17-14-11-8-5-2/h7-8,10-11,16-19,22-25,28-30,32-34,36,38-39,41,45,47,61H,4-6,9,12-15,20-21,26-27,31,35,37,40,42-44,46,48-60H2,1-3H3/b10-7-,11-8-,18-16-,19-17-,24-22-,25-23-,30-28-,33-32-,34-29-,38-36-,41-39-,47-45-. The van der Waals surface area contributed by atoms with Crippen LogP contribution in [0.4, 0.5) is 0 Å². The van der Waals surface area contributed by atoms with Crippen LogP contribution in [-0.4, -0.2) is 37.2 Å². The Hall–Kier alpha value is -4.71. The zero-order valence-corrected chi connectivity index (χ0v) is 44.7. The minimum Gasteiger partial charge on any atom is -0.462 e. The van der Waals surface area contributed by atoms with Gasteiger partial charge >= 0.3 is 17.9 Å². The van der Waals surface area contributed by atoms with Gasteiger partial charge in [0.2, 0.25) is 0 Å². The first-order chi connectivity index (χ1) is 34.5. The van der Waals surface area contributed by atoms with Gasteiger partial charge in [-0.1, -0.05) is 224 Å². The lowest BCUT2D eigenvalue weighted by Crippen LogP contribution is -2.30. The van der Waals surface area contributed by atoms with Crippen LogP contribution in [0.3, 0.4) is 0 Å². The van der Waals surface area contributed by atoms with Gasteiger partial charge in [-0.2, -0.15) is 0 Å². The molecule has 0 radical (unpaired) electrons. The fourth-order valence-electron chi connectivity index (χ4n) is 6.98. The maximum absolute atomic E-state index is 12.8. The summed E-state index contributed by atoms with van der Waals surface area (Å²) in [7, 11) is 0. The highest BCUT2D eigenvalue weighted by Crippen LogP contribution is 2.12. The van der Waals surface area contributed by atoms with E-state index in [0.717, 1.165) is 141 Å². The quantitative estimate of drug-likeness (QED) is 0.0262. The van der Waals surface area contributed by atoms with Crippen LogP contribution in [0.15, 0.2) is 146 Å². The molecule has 0 rings (SSSR count). The molecule has 0 spiro atoms. The van der Waals surface area contributed by atoms with Crippen molar-refractivity contribution in [2.24, 2.45) is 0 Å². The fourth-order valence-corrected chi connectivity index (χ4v) is 6.98. The van der Waals surface area contributed by atoms with Crippen molar-refractivity contribution >= 4 is 17.9 Å². The highest BCUT2D eigenvalue weighted by Gasteiger charge is 2.19. The second-order valence-corrected chi connectivity index (χ2v) is 17.7. The van der Waals surface area contributed by atoms with Crippen LogP contribution in [0.2, 0.25) is 0 Å². The topological polar surface area (TPSA) is 78.9 Å². The predicted octanol–water partition coefficient (Wildman–Crippen LogP) is 18.8. The summed E-state index contributed by atoms with van der Waals surface area (Å²) < 4.78 is 16.7. The number of carbonyl (C=O) groups excluding carboxylic acids is 3. The minimum atomic E-state index is -0.811. The van der Waals surface area contributed by atoms with Crippen molar-refractivity contribution in [3.05, 3.63) is 146 Å². The van der Waals surface area contributed by atoms with E-state index in [2.05, 4.69) is 167 Å². The molecule has 0 aliphatic rings. The zero-order chi connectivity index (χ0) is 50.7. The molecule has 0 aromatic carbocycles. The maximum atomic E-state index is 12.8. The summed E-state index contributed by atoms with van der Waals surface area (Å²) in [6.45, 7) is 6.28. The number of hydrogen-bond acceptors (Lipinski definition) is 6. The minimum absolute atomic E-state index is 0.106. The smallest absolute Gasteiger partial charge is 0.306 e. The van der Waals surface area contributed by atoms with Crippen LogP contribution >= 0.6 is 0 Å². The van der Waals surface area contributed by atoms with Gasteiger partial charge in [-0.15, -0.1) is 0 Å². The second kappa shape index (κ2) is 56.9. The molecule has 0 N–H and O–H groups in total. The molecular weight excluding hydrogens is 865 g/mol. The molecule has 0 aromatic rings. The van der Waals surface area contributed by atoms with Gasteiger partial charge < -0.3 is 14.2 Å². The van der Waals surface area contributed by atoms with E-state index in [1.54, 1.807) is 0 Å². The lowest BCUT2D eigenvalue weighted by atomic mass is 10.1. The molecule has 1 atom stereocenters. The van der Waals surface area contributed by atoms with E-state index in [9.17, 15) is 14.4 Å². The van der Waals surface area contributed by atoms with E-state index in [0.29, 0.717) is 19.3 Å². The molecule has 0 fully saturated rings. The van der Waals surface area contributed by atoms with Crippen LogP contribution in [0.1, 0.15) is 220 Å². The van der Waals surface area contributed by atoms with E-state index in [-0.39, 0.29) is 37.5 Å². The van der Waals surface area contributed by atoms with Crippen molar-refractivity contribution in [1.82, 2.24) is 0 Å². The van der Waals surface area contributed by atoms with Gasteiger partial charge in [0.25, 0.3) is 0 Å². The molecule has 6 heteroatoms. The normalized spacial score (nSPS) is 13.2. The van der Waals surface area contributed by atoms with Crippen LogP contribution < -0.4 is 0 Å². The summed E-state index contributed by atoms with van der Waals surface area (Å²) in [5, 5.41) is 0.